The van der Waals surface area contributed by atoms with Crippen LogP contribution in [0.2, 0.25) is 10.0 Å². The maximum absolute atomic E-state index is 11.8. The van der Waals surface area contributed by atoms with Crippen molar-refractivity contribution in [3.8, 4) is 0 Å². The predicted octanol–water partition coefficient (Wildman–Crippen LogP) is 7.59. The second-order valence-electron chi connectivity index (χ2n) is 11.3. The molecule has 0 spiro atoms. The summed E-state index contributed by atoms with van der Waals surface area (Å²) in [5.74, 6) is 0.627. The molecule has 2 aliphatic heterocycles. The summed E-state index contributed by atoms with van der Waals surface area (Å²) in [5, 5.41) is -0.304. The summed E-state index contributed by atoms with van der Waals surface area (Å²) in [6.07, 6.45) is 10.3. The molecule has 15 heteroatoms. The minimum atomic E-state index is -4.22. The molecule has 4 atom stereocenters. The Morgan fingerprint density at radius 1 is 0.844 bits per heavy atom. The number of allylic oxidation sites excluding steroid dienone is 5. The highest BCUT2D eigenvalue weighted by Crippen LogP contribution is 2.47. The molecule has 0 amide bonds. The highest BCUT2D eigenvalue weighted by Gasteiger charge is 2.39. The summed E-state index contributed by atoms with van der Waals surface area (Å²) in [5.41, 5.74) is 3.44. The number of benzene rings is 1. The average Bonchev–Trinajstić information content (AvgIpc) is 3.39. The molecule has 0 bridgehead atoms. The number of likely N-dealkylation sites (N-methyl/N-ethyl adjacent to an activating group) is 1. The van der Waals surface area contributed by atoms with Gasteiger partial charge in [0.15, 0.2) is 0 Å². The summed E-state index contributed by atoms with van der Waals surface area (Å²) in [4.78, 5) is 6.18. The Morgan fingerprint density at radius 3 is 1.96 bits per heavy atom. The summed E-state index contributed by atoms with van der Waals surface area (Å²) in [6.45, 7) is 8.44. The van der Waals surface area contributed by atoms with E-state index in [9.17, 15) is 25.9 Å². The number of hydrogen-bond donors (Lipinski definition) is 2. The quantitative estimate of drug-likeness (QED) is 0.209. The van der Waals surface area contributed by atoms with Gasteiger partial charge in [-0.3, -0.25) is 9.11 Å². The Labute approximate surface area is 285 Å². The maximum atomic E-state index is 11.8. The number of halogens is 4. The smallest absolute Gasteiger partial charge is 0.267 e. The van der Waals surface area contributed by atoms with Crippen LogP contribution >= 0.6 is 46.4 Å². The third-order valence-corrected chi connectivity index (χ3v) is 12.5. The molecule has 45 heavy (non-hydrogen) atoms. The van der Waals surface area contributed by atoms with Crippen molar-refractivity contribution in [1.29, 1.82) is 0 Å². The zero-order chi connectivity index (χ0) is 33.4. The second-order valence-corrected chi connectivity index (χ2v) is 16.6. The van der Waals surface area contributed by atoms with Gasteiger partial charge in [-0.1, -0.05) is 58.6 Å². The lowest BCUT2D eigenvalue weighted by Gasteiger charge is -2.30. The Balaban J connectivity index is 1.77. The Hall–Kier alpha value is -1.70. The largest absolute Gasteiger partial charge is 0.364 e. The molecule has 2 heterocycles. The number of hydrogen-bond acceptors (Lipinski definition) is 7. The van der Waals surface area contributed by atoms with Crippen LogP contribution in [0.25, 0.3) is 0 Å². The highest BCUT2D eigenvalue weighted by molar-refractivity contribution is 7.86. The predicted molar refractivity (Wildman–Crippen MR) is 184 cm³/mol. The third kappa shape index (κ3) is 7.73. The standard InChI is InChI=1S/C30H37Cl4N3O6S2/c1-5-35-26(20(11-10-18(3)44(38,39)40)21-14-22(31)23(32)15-27(21)35)8-7-9-30-36(6-2)28-16-24(33)25(34)17-29(28)37(30)13-12-19(4)45(41,42)43/h7-9,14-19,21,27H,5-6,10-13H2,1-4H3,(H,38,39,40)(H,41,42,43)/b8-7+,30-9+. The first-order valence-electron chi connectivity index (χ1n) is 14.6. The van der Waals surface area contributed by atoms with Crippen LogP contribution in [0, 0.1) is 5.92 Å². The minimum Gasteiger partial charge on any atom is -0.364 e. The fourth-order valence-electron chi connectivity index (χ4n) is 5.94. The van der Waals surface area contributed by atoms with E-state index in [1.807, 2.05) is 54.0 Å². The minimum absolute atomic E-state index is 0.112. The molecule has 9 nitrogen and oxygen atoms in total. The molecule has 0 fully saturated rings. The van der Waals surface area contributed by atoms with Crippen LogP contribution in [0.5, 0.6) is 0 Å². The molecule has 1 aliphatic carbocycles. The average molecular weight is 742 g/mol. The third-order valence-electron chi connectivity index (χ3n) is 8.54. The number of nitrogens with zero attached hydrogens (tertiary/aromatic N) is 3. The zero-order valence-electron chi connectivity index (χ0n) is 25.3. The number of fused-ring (bicyclic) bond motifs is 2. The van der Waals surface area contributed by atoms with Gasteiger partial charge in [0.1, 0.15) is 5.82 Å². The maximum Gasteiger partial charge on any atom is 0.267 e. The van der Waals surface area contributed by atoms with E-state index in [1.165, 1.54) is 13.8 Å². The second kappa shape index (κ2) is 14.2. The van der Waals surface area contributed by atoms with Crippen molar-refractivity contribution in [3.63, 3.8) is 0 Å². The number of rotatable bonds is 12. The first-order chi connectivity index (χ1) is 21.0. The van der Waals surface area contributed by atoms with Gasteiger partial charge in [0.25, 0.3) is 20.2 Å². The van der Waals surface area contributed by atoms with Crippen molar-refractivity contribution in [2.75, 3.05) is 29.4 Å². The molecule has 4 unspecified atom stereocenters. The topological polar surface area (TPSA) is 118 Å². The van der Waals surface area contributed by atoms with E-state index >= 15 is 0 Å². The van der Waals surface area contributed by atoms with Crippen molar-refractivity contribution >= 4 is 78.0 Å². The van der Waals surface area contributed by atoms with Gasteiger partial charge in [-0.25, -0.2) is 0 Å². The van der Waals surface area contributed by atoms with E-state index in [4.69, 9.17) is 46.4 Å². The molecule has 2 N–H and O–H groups in total. The van der Waals surface area contributed by atoms with Gasteiger partial charge < -0.3 is 14.7 Å². The number of anilines is 2. The molecule has 1 aromatic rings. The molecule has 0 saturated heterocycles. The van der Waals surface area contributed by atoms with E-state index < -0.39 is 30.7 Å². The zero-order valence-corrected chi connectivity index (χ0v) is 29.9. The van der Waals surface area contributed by atoms with Crippen molar-refractivity contribution in [2.24, 2.45) is 5.92 Å². The van der Waals surface area contributed by atoms with Gasteiger partial charge in [-0.2, -0.15) is 16.8 Å². The van der Waals surface area contributed by atoms with Crippen molar-refractivity contribution in [2.45, 2.75) is 63.5 Å². The van der Waals surface area contributed by atoms with Gasteiger partial charge in [-0.05, 0) is 82.9 Å². The summed E-state index contributed by atoms with van der Waals surface area (Å²) in [6, 6.07) is 3.41. The van der Waals surface area contributed by atoms with Crippen LogP contribution in [0.15, 0.2) is 69.7 Å². The molecule has 248 valence electrons. The molecule has 0 radical (unpaired) electrons. The Morgan fingerprint density at radius 2 is 1.40 bits per heavy atom. The lowest BCUT2D eigenvalue weighted by atomic mass is 9.87. The van der Waals surface area contributed by atoms with E-state index in [-0.39, 0.29) is 31.3 Å². The summed E-state index contributed by atoms with van der Waals surface area (Å²) >= 11 is 25.6. The van der Waals surface area contributed by atoms with E-state index in [0.717, 1.165) is 28.5 Å². The fourth-order valence-corrected chi connectivity index (χ4v) is 7.47. The fraction of sp³-hybridized carbons (Fsp3) is 0.467. The first kappa shape index (κ1) is 36.1. The van der Waals surface area contributed by atoms with Crippen LogP contribution < -0.4 is 9.80 Å². The van der Waals surface area contributed by atoms with Crippen LogP contribution in [0.3, 0.4) is 0 Å². The lowest BCUT2D eigenvalue weighted by Crippen LogP contribution is -2.33. The van der Waals surface area contributed by atoms with Crippen molar-refractivity contribution in [1.82, 2.24) is 4.90 Å². The van der Waals surface area contributed by atoms with Gasteiger partial charge >= 0.3 is 0 Å². The highest BCUT2D eigenvalue weighted by atomic mass is 35.5. The molecular weight excluding hydrogens is 704 g/mol. The van der Waals surface area contributed by atoms with E-state index in [2.05, 4.69) is 4.90 Å². The van der Waals surface area contributed by atoms with Gasteiger partial charge in [0, 0.05) is 31.2 Å². The molecule has 4 rings (SSSR count). The van der Waals surface area contributed by atoms with Crippen LogP contribution in [0.1, 0.15) is 47.0 Å². The van der Waals surface area contributed by atoms with Crippen LogP contribution in [-0.4, -0.2) is 67.0 Å². The Bertz CT molecular complexity index is 1710. The van der Waals surface area contributed by atoms with Crippen LogP contribution in [0.4, 0.5) is 11.4 Å². The van der Waals surface area contributed by atoms with Crippen molar-refractivity contribution in [3.05, 3.63) is 79.7 Å². The normalized spacial score (nSPS) is 22.7. The summed E-state index contributed by atoms with van der Waals surface area (Å²) < 4.78 is 66.3. The van der Waals surface area contributed by atoms with E-state index in [1.54, 1.807) is 12.1 Å². The van der Waals surface area contributed by atoms with Gasteiger partial charge in [-0.15, -0.1) is 0 Å². The molecular formula is C30H37Cl4N3O6S2. The van der Waals surface area contributed by atoms with Gasteiger partial charge in [0.05, 0.1) is 48.0 Å². The molecule has 0 saturated carbocycles. The van der Waals surface area contributed by atoms with Crippen LogP contribution in [-0.2, 0) is 20.2 Å². The molecule has 0 aromatic heterocycles. The Kier molecular flexibility index (Phi) is 11.4. The summed E-state index contributed by atoms with van der Waals surface area (Å²) in [7, 11) is -8.42. The molecule has 3 aliphatic rings. The first-order valence-corrected chi connectivity index (χ1v) is 19.1. The van der Waals surface area contributed by atoms with Gasteiger partial charge in [0.2, 0.25) is 0 Å². The van der Waals surface area contributed by atoms with Crippen molar-refractivity contribution < 1.29 is 25.9 Å². The SMILES string of the molecule is CCN1/C(=C\C=C\C2=C(CCC(C)S(=O)(=O)O)C3C=C(Cl)C(Cl)=CC3N2CC)N(CCC(C)S(=O)(=O)O)c2cc(Cl)c(Cl)cc21. The van der Waals surface area contributed by atoms with E-state index in [0.29, 0.717) is 39.6 Å². The molecule has 1 aromatic carbocycles. The lowest BCUT2D eigenvalue weighted by molar-refractivity contribution is 0.317. The monoisotopic (exact) mass is 739 g/mol.